The summed E-state index contributed by atoms with van der Waals surface area (Å²) in [6, 6.07) is 24.8. The Labute approximate surface area is 231 Å². The highest BCUT2D eigenvalue weighted by Gasteiger charge is 2.32. The Kier molecular flexibility index (Phi) is 10.2. The van der Waals surface area contributed by atoms with E-state index in [4.69, 9.17) is 16.3 Å². The third-order valence-corrected chi connectivity index (χ3v) is 7.32. The molecular formula is C32H37ClN2O3. The van der Waals surface area contributed by atoms with E-state index in [-0.39, 0.29) is 17.9 Å². The molecule has 38 heavy (non-hydrogen) atoms. The molecule has 1 unspecified atom stereocenters. The van der Waals surface area contributed by atoms with E-state index in [0.717, 1.165) is 42.6 Å². The summed E-state index contributed by atoms with van der Waals surface area (Å²) in [5.41, 5.74) is 3.13. The summed E-state index contributed by atoms with van der Waals surface area (Å²) < 4.78 is 5.85. The van der Waals surface area contributed by atoms with Crippen molar-refractivity contribution in [2.45, 2.75) is 70.5 Å². The Balaban J connectivity index is 1.50. The van der Waals surface area contributed by atoms with Gasteiger partial charge in [-0.05, 0) is 61.6 Å². The van der Waals surface area contributed by atoms with E-state index in [1.165, 1.54) is 5.56 Å². The number of rotatable bonds is 12. The molecule has 3 aromatic carbocycles. The van der Waals surface area contributed by atoms with Gasteiger partial charge in [0.05, 0.1) is 6.61 Å². The van der Waals surface area contributed by atoms with Crippen LogP contribution in [0.2, 0.25) is 5.02 Å². The molecule has 2 amide bonds. The van der Waals surface area contributed by atoms with Gasteiger partial charge in [-0.2, -0.15) is 0 Å². The first kappa shape index (κ1) is 27.7. The van der Waals surface area contributed by atoms with Gasteiger partial charge in [-0.1, -0.05) is 84.6 Å². The molecule has 1 saturated carbocycles. The molecule has 1 N–H and O–H groups in total. The minimum Gasteiger partial charge on any atom is -0.494 e. The van der Waals surface area contributed by atoms with Gasteiger partial charge in [0.1, 0.15) is 11.8 Å². The summed E-state index contributed by atoms with van der Waals surface area (Å²) in [6.07, 6.45) is 5.55. The van der Waals surface area contributed by atoms with Gasteiger partial charge in [0.15, 0.2) is 0 Å². The van der Waals surface area contributed by atoms with E-state index < -0.39 is 6.04 Å². The van der Waals surface area contributed by atoms with Crippen molar-refractivity contribution in [3.63, 3.8) is 0 Å². The molecule has 3 aromatic rings. The van der Waals surface area contributed by atoms with Gasteiger partial charge in [-0.3, -0.25) is 9.59 Å². The fraction of sp³-hybridized carbons (Fsp3) is 0.375. The van der Waals surface area contributed by atoms with Gasteiger partial charge in [0.2, 0.25) is 11.8 Å². The molecule has 1 aliphatic rings. The molecule has 1 aliphatic carbocycles. The molecule has 0 aliphatic heterocycles. The molecule has 0 saturated heterocycles. The van der Waals surface area contributed by atoms with Crippen LogP contribution in [0.4, 0.5) is 0 Å². The van der Waals surface area contributed by atoms with Gasteiger partial charge in [-0.25, -0.2) is 0 Å². The van der Waals surface area contributed by atoms with Crippen molar-refractivity contribution in [2.24, 2.45) is 0 Å². The lowest BCUT2D eigenvalue weighted by Gasteiger charge is -2.32. The third-order valence-electron chi connectivity index (χ3n) is 7.06. The minimum atomic E-state index is -0.612. The maximum atomic E-state index is 13.7. The van der Waals surface area contributed by atoms with Crippen LogP contribution in [0.5, 0.6) is 5.75 Å². The quantitative estimate of drug-likeness (QED) is 0.271. The highest BCUT2D eigenvalue weighted by atomic mass is 35.5. The lowest BCUT2D eigenvalue weighted by Crippen LogP contribution is -2.52. The number of hydrogen-bond acceptors (Lipinski definition) is 3. The number of aryl methyl sites for hydroxylation is 1. The van der Waals surface area contributed by atoms with E-state index in [0.29, 0.717) is 37.4 Å². The Morgan fingerprint density at radius 2 is 1.63 bits per heavy atom. The molecule has 0 radical (unpaired) electrons. The molecule has 0 heterocycles. The second-order valence-electron chi connectivity index (χ2n) is 10.1. The fourth-order valence-corrected chi connectivity index (χ4v) is 5.03. The van der Waals surface area contributed by atoms with E-state index in [1.807, 2.05) is 85.8 Å². The van der Waals surface area contributed by atoms with Crippen molar-refractivity contribution in [2.75, 3.05) is 6.61 Å². The van der Waals surface area contributed by atoms with Crippen LogP contribution in [0.25, 0.3) is 0 Å². The number of carbonyl (C=O) groups excluding carboxylic acids is 2. The zero-order valence-corrected chi connectivity index (χ0v) is 22.8. The molecule has 4 rings (SSSR count). The number of nitrogens with one attached hydrogen (secondary N) is 1. The van der Waals surface area contributed by atoms with Crippen LogP contribution in [0.15, 0.2) is 78.9 Å². The van der Waals surface area contributed by atoms with Crippen LogP contribution in [-0.2, 0) is 22.6 Å². The number of hydrogen-bond donors (Lipinski definition) is 1. The highest BCUT2D eigenvalue weighted by molar-refractivity contribution is 6.30. The predicted octanol–water partition coefficient (Wildman–Crippen LogP) is 6.51. The average Bonchev–Trinajstić information content (AvgIpc) is 3.44. The summed E-state index contributed by atoms with van der Waals surface area (Å²) in [7, 11) is 0. The van der Waals surface area contributed by atoms with Gasteiger partial charge in [0, 0.05) is 30.5 Å². The SMILES string of the molecule is Cc1ccc(OCCCC(=O)N(Cc2ccc(Cl)cc2)C(Cc2ccccc2)C(=O)NC2CCCC2)cc1. The first-order valence-electron chi connectivity index (χ1n) is 13.6. The van der Waals surface area contributed by atoms with E-state index in [1.54, 1.807) is 4.90 Å². The van der Waals surface area contributed by atoms with Crippen LogP contribution in [0.3, 0.4) is 0 Å². The maximum absolute atomic E-state index is 13.7. The minimum absolute atomic E-state index is 0.0602. The Bertz CT molecular complexity index is 1160. The highest BCUT2D eigenvalue weighted by Crippen LogP contribution is 2.21. The Morgan fingerprint density at radius 3 is 2.32 bits per heavy atom. The normalized spacial score (nSPS) is 14.2. The van der Waals surface area contributed by atoms with Crippen molar-refractivity contribution in [3.8, 4) is 5.75 Å². The van der Waals surface area contributed by atoms with Gasteiger partial charge < -0.3 is 15.0 Å². The second kappa shape index (κ2) is 14.0. The summed E-state index contributed by atoms with van der Waals surface area (Å²) >= 11 is 6.11. The number of ether oxygens (including phenoxy) is 1. The third kappa shape index (κ3) is 8.35. The van der Waals surface area contributed by atoms with Crippen LogP contribution in [0.1, 0.15) is 55.2 Å². The Morgan fingerprint density at radius 1 is 0.947 bits per heavy atom. The molecule has 200 valence electrons. The van der Waals surface area contributed by atoms with Crippen LogP contribution in [0, 0.1) is 6.92 Å². The maximum Gasteiger partial charge on any atom is 0.243 e. The van der Waals surface area contributed by atoms with Crippen molar-refractivity contribution in [3.05, 3.63) is 101 Å². The summed E-state index contributed by atoms with van der Waals surface area (Å²) in [6.45, 7) is 2.80. The second-order valence-corrected chi connectivity index (χ2v) is 10.5. The summed E-state index contributed by atoms with van der Waals surface area (Å²) in [4.78, 5) is 29.1. The van der Waals surface area contributed by atoms with Crippen LogP contribution in [-0.4, -0.2) is 35.4 Å². The van der Waals surface area contributed by atoms with E-state index in [2.05, 4.69) is 5.32 Å². The molecular weight excluding hydrogens is 496 g/mol. The average molecular weight is 533 g/mol. The fourth-order valence-electron chi connectivity index (χ4n) is 4.90. The van der Waals surface area contributed by atoms with Crippen molar-refractivity contribution in [1.82, 2.24) is 10.2 Å². The number of amides is 2. The van der Waals surface area contributed by atoms with Gasteiger partial charge in [-0.15, -0.1) is 0 Å². The summed E-state index contributed by atoms with van der Waals surface area (Å²) in [5, 5.41) is 3.88. The topological polar surface area (TPSA) is 58.6 Å². The first-order chi connectivity index (χ1) is 18.5. The van der Waals surface area contributed by atoms with Crippen LogP contribution >= 0.6 is 11.6 Å². The molecule has 0 bridgehead atoms. The number of benzene rings is 3. The molecule has 1 atom stereocenters. The van der Waals surface area contributed by atoms with Crippen molar-refractivity contribution >= 4 is 23.4 Å². The molecule has 0 aromatic heterocycles. The lowest BCUT2D eigenvalue weighted by atomic mass is 10.0. The molecule has 6 heteroatoms. The summed E-state index contributed by atoms with van der Waals surface area (Å²) in [5.74, 6) is 0.646. The first-order valence-corrected chi connectivity index (χ1v) is 13.9. The van der Waals surface area contributed by atoms with E-state index >= 15 is 0 Å². The monoisotopic (exact) mass is 532 g/mol. The number of nitrogens with zero attached hydrogens (tertiary/aromatic N) is 1. The largest absolute Gasteiger partial charge is 0.494 e. The predicted molar refractivity (Wildman–Crippen MR) is 152 cm³/mol. The van der Waals surface area contributed by atoms with Crippen molar-refractivity contribution in [1.29, 1.82) is 0 Å². The van der Waals surface area contributed by atoms with Crippen molar-refractivity contribution < 1.29 is 14.3 Å². The smallest absolute Gasteiger partial charge is 0.243 e. The molecule has 0 spiro atoms. The van der Waals surface area contributed by atoms with Gasteiger partial charge >= 0.3 is 0 Å². The Hall–Kier alpha value is -3.31. The van der Waals surface area contributed by atoms with E-state index in [9.17, 15) is 9.59 Å². The zero-order chi connectivity index (χ0) is 26.7. The molecule has 5 nitrogen and oxygen atoms in total. The number of halogens is 1. The number of carbonyl (C=O) groups is 2. The molecule has 1 fully saturated rings. The zero-order valence-electron chi connectivity index (χ0n) is 22.1. The van der Waals surface area contributed by atoms with Gasteiger partial charge in [0.25, 0.3) is 0 Å². The lowest BCUT2D eigenvalue weighted by molar-refractivity contribution is -0.141. The standard InChI is InChI=1S/C32H37ClN2O3/c1-24-13-19-29(20-14-24)38-21-7-12-31(36)35(23-26-15-17-27(33)18-16-26)30(22-25-8-3-2-4-9-25)32(37)34-28-10-5-6-11-28/h2-4,8-9,13-20,28,30H,5-7,10-12,21-23H2,1H3,(H,34,37). The van der Waals surface area contributed by atoms with Crippen LogP contribution < -0.4 is 10.1 Å².